The first-order valence-corrected chi connectivity index (χ1v) is 11.9. The van der Waals surface area contributed by atoms with E-state index in [9.17, 15) is 4.79 Å². The molecule has 0 spiro atoms. The van der Waals surface area contributed by atoms with Gasteiger partial charge in [-0.1, -0.05) is 58.1 Å². The van der Waals surface area contributed by atoms with Gasteiger partial charge in [0, 0.05) is 37.7 Å². The maximum atomic E-state index is 12.8. The molecule has 2 aromatic carbocycles. The molecule has 1 fully saturated rings. The lowest BCUT2D eigenvalue weighted by Gasteiger charge is -2.36. The van der Waals surface area contributed by atoms with Crippen LogP contribution in [0.15, 0.2) is 48.5 Å². The Bertz CT molecular complexity index is 1050. The number of nitrogens with zero attached hydrogens (tertiary/aromatic N) is 4. The van der Waals surface area contributed by atoms with Crippen LogP contribution in [0.25, 0.3) is 0 Å². The first kappa shape index (κ1) is 22.9. The standard InChI is InChI=1S/C24H27ClN4O2S/c1-17-4-3-5-19(14-17)16-31-22(20-6-8-21(25)9-7-20)15-28-10-12-29(13-11-28)24(30)23-18(2)26-27-32-23/h3-9,14,22H,10-13,15-16H2,1-2H3. The van der Waals surface area contributed by atoms with Crippen LogP contribution in [0.2, 0.25) is 5.02 Å². The minimum absolute atomic E-state index is 0.0297. The van der Waals surface area contributed by atoms with Crippen molar-refractivity contribution in [2.24, 2.45) is 0 Å². The number of piperazine rings is 1. The van der Waals surface area contributed by atoms with Crippen LogP contribution in [-0.4, -0.2) is 58.0 Å². The van der Waals surface area contributed by atoms with Crippen molar-refractivity contribution in [3.63, 3.8) is 0 Å². The SMILES string of the molecule is Cc1cccc(COC(CN2CCN(C(=O)c3snnc3C)CC2)c2ccc(Cl)cc2)c1. The second kappa shape index (κ2) is 10.5. The highest BCUT2D eigenvalue weighted by Gasteiger charge is 2.26. The summed E-state index contributed by atoms with van der Waals surface area (Å²) in [7, 11) is 0. The van der Waals surface area contributed by atoms with Gasteiger partial charge in [0.1, 0.15) is 4.88 Å². The van der Waals surface area contributed by atoms with Crippen LogP contribution in [0.1, 0.15) is 38.2 Å². The monoisotopic (exact) mass is 470 g/mol. The Hall–Kier alpha value is -2.32. The second-order valence-corrected chi connectivity index (χ2v) is 9.31. The average Bonchev–Trinajstić information content (AvgIpc) is 3.23. The fraction of sp³-hybridized carbons (Fsp3) is 0.375. The molecular weight excluding hydrogens is 444 g/mol. The number of ether oxygens (including phenoxy) is 1. The van der Waals surface area contributed by atoms with E-state index in [-0.39, 0.29) is 12.0 Å². The largest absolute Gasteiger partial charge is 0.368 e. The van der Waals surface area contributed by atoms with Gasteiger partial charge in [-0.15, -0.1) is 5.10 Å². The Morgan fingerprint density at radius 3 is 2.53 bits per heavy atom. The number of aryl methyl sites for hydroxylation is 2. The van der Waals surface area contributed by atoms with E-state index in [1.54, 1.807) is 0 Å². The van der Waals surface area contributed by atoms with Gasteiger partial charge in [-0.2, -0.15) is 0 Å². The van der Waals surface area contributed by atoms with Crippen molar-refractivity contribution < 1.29 is 9.53 Å². The molecule has 6 nitrogen and oxygen atoms in total. The fourth-order valence-electron chi connectivity index (χ4n) is 3.87. The molecule has 1 amide bonds. The lowest BCUT2D eigenvalue weighted by molar-refractivity contribution is 0.00345. The maximum absolute atomic E-state index is 12.8. The molecule has 3 aromatic rings. The van der Waals surface area contributed by atoms with E-state index < -0.39 is 0 Å². The summed E-state index contributed by atoms with van der Waals surface area (Å²) in [5.41, 5.74) is 4.19. The van der Waals surface area contributed by atoms with Crippen molar-refractivity contribution in [1.29, 1.82) is 0 Å². The molecule has 1 aliphatic rings. The van der Waals surface area contributed by atoms with E-state index in [2.05, 4.69) is 45.7 Å². The lowest BCUT2D eigenvalue weighted by Crippen LogP contribution is -2.49. The number of hydrogen-bond donors (Lipinski definition) is 0. The molecule has 1 saturated heterocycles. The van der Waals surface area contributed by atoms with Crippen molar-refractivity contribution in [2.45, 2.75) is 26.6 Å². The number of aromatic nitrogens is 2. The van der Waals surface area contributed by atoms with Gasteiger partial charge in [-0.25, -0.2) is 0 Å². The van der Waals surface area contributed by atoms with E-state index >= 15 is 0 Å². The van der Waals surface area contributed by atoms with E-state index in [0.717, 1.165) is 30.8 Å². The third-order valence-electron chi connectivity index (χ3n) is 5.70. The number of carbonyl (C=O) groups excluding carboxylic acids is 1. The highest BCUT2D eigenvalue weighted by atomic mass is 35.5. The van der Waals surface area contributed by atoms with Gasteiger partial charge in [0.15, 0.2) is 0 Å². The van der Waals surface area contributed by atoms with Gasteiger partial charge in [0.2, 0.25) is 0 Å². The van der Waals surface area contributed by atoms with E-state index in [1.807, 2.05) is 36.1 Å². The molecule has 0 saturated carbocycles. The first-order valence-electron chi connectivity index (χ1n) is 10.7. The van der Waals surface area contributed by atoms with Crippen molar-refractivity contribution in [1.82, 2.24) is 19.4 Å². The number of carbonyl (C=O) groups is 1. The molecule has 2 heterocycles. The Balaban J connectivity index is 1.39. The van der Waals surface area contributed by atoms with E-state index in [1.165, 1.54) is 17.1 Å². The summed E-state index contributed by atoms with van der Waals surface area (Å²) in [6, 6.07) is 16.3. The molecule has 32 heavy (non-hydrogen) atoms. The van der Waals surface area contributed by atoms with Crippen molar-refractivity contribution in [3.05, 3.63) is 80.8 Å². The maximum Gasteiger partial charge on any atom is 0.267 e. The summed E-state index contributed by atoms with van der Waals surface area (Å²) in [4.78, 5) is 17.6. The molecule has 0 aliphatic carbocycles. The number of amides is 1. The van der Waals surface area contributed by atoms with Crippen LogP contribution in [-0.2, 0) is 11.3 Å². The molecule has 8 heteroatoms. The zero-order chi connectivity index (χ0) is 22.5. The summed E-state index contributed by atoms with van der Waals surface area (Å²) >= 11 is 7.27. The summed E-state index contributed by atoms with van der Waals surface area (Å²) in [5.74, 6) is 0.0297. The van der Waals surface area contributed by atoms with Crippen LogP contribution >= 0.6 is 23.1 Å². The fourth-order valence-corrected chi connectivity index (χ4v) is 4.62. The molecule has 0 radical (unpaired) electrons. The molecule has 168 valence electrons. The Morgan fingerprint density at radius 1 is 1.12 bits per heavy atom. The van der Waals surface area contributed by atoms with Crippen LogP contribution in [0.4, 0.5) is 0 Å². The summed E-state index contributed by atoms with van der Waals surface area (Å²) in [6.07, 6.45) is -0.0806. The number of benzene rings is 2. The number of rotatable bonds is 7. The molecule has 1 aliphatic heterocycles. The van der Waals surface area contributed by atoms with Gasteiger partial charge in [-0.3, -0.25) is 9.69 Å². The number of hydrogen-bond acceptors (Lipinski definition) is 6. The number of halogens is 1. The van der Waals surface area contributed by atoms with Gasteiger partial charge in [-0.05, 0) is 48.6 Å². The molecular formula is C24H27ClN4O2S. The minimum atomic E-state index is -0.0806. The van der Waals surface area contributed by atoms with Crippen LogP contribution in [0.5, 0.6) is 0 Å². The Labute approximate surface area is 197 Å². The van der Waals surface area contributed by atoms with Crippen molar-refractivity contribution in [3.8, 4) is 0 Å². The zero-order valence-corrected chi connectivity index (χ0v) is 19.9. The first-order chi connectivity index (χ1) is 15.5. The third-order valence-corrected chi connectivity index (χ3v) is 6.77. The van der Waals surface area contributed by atoms with Gasteiger partial charge < -0.3 is 9.64 Å². The predicted molar refractivity (Wildman–Crippen MR) is 127 cm³/mol. The minimum Gasteiger partial charge on any atom is -0.368 e. The highest BCUT2D eigenvalue weighted by molar-refractivity contribution is 7.07. The van der Waals surface area contributed by atoms with Gasteiger partial charge in [0.05, 0.1) is 18.4 Å². The van der Waals surface area contributed by atoms with Crippen LogP contribution in [0, 0.1) is 13.8 Å². The van der Waals surface area contributed by atoms with Gasteiger partial charge in [0.25, 0.3) is 5.91 Å². The van der Waals surface area contributed by atoms with Crippen LogP contribution in [0.3, 0.4) is 0 Å². The van der Waals surface area contributed by atoms with E-state index in [4.69, 9.17) is 16.3 Å². The molecule has 0 bridgehead atoms. The molecule has 1 aromatic heterocycles. The van der Waals surface area contributed by atoms with Gasteiger partial charge >= 0.3 is 0 Å². The summed E-state index contributed by atoms with van der Waals surface area (Å²) < 4.78 is 10.3. The predicted octanol–water partition coefficient (Wildman–Crippen LogP) is 4.52. The average molecular weight is 471 g/mol. The second-order valence-electron chi connectivity index (χ2n) is 8.12. The quantitative estimate of drug-likeness (QED) is 0.508. The summed E-state index contributed by atoms with van der Waals surface area (Å²) in [6.45, 7) is 8.19. The third kappa shape index (κ3) is 5.72. The molecule has 1 atom stereocenters. The van der Waals surface area contributed by atoms with Crippen LogP contribution < -0.4 is 0 Å². The van der Waals surface area contributed by atoms with Crippen molar-refractivity contribution in [2.75, 3.05) is 32.7 Å². The smallest absolute Gasteiger partial charge is 0.267 e. The topological polar surface area (TPSA) is 58.6 Å². The van der Waals surface area contributed by atoms with E-state index in [0.29, 0.717) is 35.3 Å². The highest BCUT2D eigenvalue weighted by Crippen LogP contribution is 2.24. The summed E-state index contributed by atoms with van der Waals surface area (Å²) in [5, 5.41) is 4.68. The Kier molecular flexibility index (Phi) is 7.52. The van der Waals surface area contributed by atoms with Crippen molar-refractivity contribution >= 4 is 29.0 Å². The Morgan fingerprint density at radius 2 is 1.88 bits per heavy atom. The normalized spacial score (nSPS) is 15.7. The molecule has 1 unspecified atom stereocenters. The zero-order valence-electron chi connectivity index (χ0n) is 18.3. The molecule has 0 N–H and O–H groups in total. The lowest BCUT2D eigenvalue weighted by atomic mass is 10.1. The molecule has 4 rings (SSSR count).